The molecule has 0 spiro atoms. The van der Waals surface area contributed by atoms with Crippen LogP contribution in [0.1, 0.15) is 42.5 Å². The number of nitrogens with zero attached hydrogens (tertiary/aromatic N) is 2. The van der Waals surface area contributed by atoms with E-state index in [1.807, 2.05) is 0 Å². The smallest absolute Gasteiger partial charge is 0.339 e. The lowest BCUT2D eigenvalue weighted by Gasteiger charge is -2.23. The molecule has 1 saturated carbocycles. The summed E-state index contributed by atoms with van der Waals surface area (Å²) in [7, 11) is 1.43. The summed E-state index contributed by atoms with van der Waals surface area (Å²) in [6.45, 7) is 0. The molecule has 0 aromatic carbocycles. The fourth-order valence-electron chi connectivity index (χ4n) is 2.18. The molecule has 6 heteroatoms. The van der Waals surface area contributed by atoms with E-state index in [1.54, 1.807) is 0 Å². The topological polar surface area (TPSA) is 84.3 Å². The van der Waals surface area contributed by atoms with Gasteiger partial charge in [-0.1, -0.05) is 19.3 Å². The fraction of sp³-hybridized carbons (Fsp3) is 0.583. The molecule has 1 aliphatic carbocycles. The lowest BCUT2D eigenvalue weighted by atomic mass is 9.95. The van der Waals surface area contributed by atoms with Gasteiger partial charge in [0.05, 0.1) is 7.11 Å². The third-order valence-electron chi connectivity index (χ3n) is 3.16. The predicted molar refractivity (Wildman–Crippen MR) is 66.0 cm³/mol. The lowest BCUT2D eigenvalue weighted by Crippen LogP contribution is -2.24. The van der Waals surface area contributed by atoms with E-state index in [-0.39, 0.29) is 11.4 Å². The van der Waals surface area contributed by atoms with Gasteiger partial charge in [0, 0.05) is 12.1 Å². The summed E-state index contributed by atoms with van der Waals surface area (Å²) in [6.07, 6.45) is 5.69. The van der Waals surface area contributed by atoms with E-state index in [2.05, 4.69) is 15.5 Å². The molecule has 0 aliphatic heterocycles. The first-order valence-corrected chi connectivity index (χ1v) is 6.12. The van der Waals surface area contributed by atoms with Crippen LogP contribution in [0.15, 0.2) is 6.07 Å². The molecule has 1 fully saturated rings. The first-order valence-electron chi connectivity index (χ1n) is 6.12. The molecule has 0 saturated heterocycles. The van der Waals surface area contributed by atoms with E-state index in [9.17, 15) is 4.79 Å². The number of rotatable bonds is 4. The van der Waals surface area contributed by atoms with Gasteiger partial charge in [-0.3, -0.25) is 0 Å². The Labute approximate surface area is 105 Å². The minimum atomic E-state index is -1.03. The highest BCUT2D eigenvalue weighted by molar-refractivity contribution is 5.93. The van der Waals surface area contributed by atoms with E-state index in [0.717, 1.165) is 12.8 Å². The molecule has 2 rings (SSSR count). The maximum absolute atomic E-state index is 11.2. The standard InChI is InChI=1S/C12H17N3O3/c1-18-10-7-9(12(16)17)11(15-14-10)13-8-5-3-2-4-6-8/h7-8H,2-6H2,1H3,(H,13,15)(H,16,17). The van der Waals surface area contributed by atoms with Gasteiger partial charge in [0.25, 0.3) is 0 Å². The van der Waals surface area contributed by atoms with Crippen molar-refractivity contribution in [3.05, 3.63) is 11.6 Å². The predicted octanol–water partition coefficient (Wildman–Crippen LogP) is 1.93. The second-order valence-electron chi connectivity index (χ2n) is 4.43. The minimum Gasteiger partial charge on any atom is -0.480 e. The van der Waals surface area contributed by atoms with Gasteiger partial charge in [-0.05, 0) is 12.8 Å². The lowest BCUT2D eigenvalue weighted by molar-refractivity contribution is 0.0696. The van der Waals surface area contributed by atoms with Gasteiger partial charge in [0.2, 0.25) is 5.88 Å². The van der Waals surface area contributed by atoms with Crippen LogP contribution in [0, 0.1) is 0 Å². The second-order valence-corrected chi connectivity index (χ2v) is 4.43. The number of carboxylic acid groups (broad SMARTS) is 1. The summed E-state index contributed by atoms with van der Waals surface area (Å²) in [5.74, 6) is -0.488. The molecule has 1 aromatic rings. The Bertz CT molecular complexity index is 431. The van der Waals surface area contributed by atoms with Crippen LogP contribution in [0.5, 0.6) is 5.88 Å². The number of carbonyl (C=O) groups is 1. The zero-order valence-electron chi connectivity index (χ0n) is 10.3. The van der Waals surface area contributed by atoms with Crippen molar-refractivity contribution in [2.24, 2.45) is 0 Å². The molecule has 0 unspecified atom stereocenters. The van der Waals surface area contributed by atoms with Crippen LogP contribution in [0.4, 0.5) is 5.82 Å². The summed E-state index contributed by atoms with van der Waals surface area (Å²) < 4.78 is 4.89. The average molecular weight is 251 g/mol. The van der Waals surface area contributed by atoms with E-state index < -0.39 is 5.97 Å². The van der Waals surface area contributed by atoms with Gasteiger partial charge < -0.3 is 15.2 Å². The molecule has 0 atom stereocenters. The Morgan fingerprint density at radius 1 is 1.39 bits per heavy atom. The van der Waals surface area contributed by atoms with Crippen LogP contribution >= 0.6 is 0 Å². The molecule has 6 nitrogen and oxygen atoms in total. The highest BCUT2D eigenvalue weighted by Crippen LogP contribution is 2.23. The third-order valence-corrected chi connectivity index (χ3v) is 3.16. The first kappa shape index (κ1) is 12.6. The molecular weight excluding hydrogens is 234 g/mol. The molecule has 98 valence electrons. The van der Waals surface area contributed by atoms with Crippen LogP contribution in [-0.2, 0) is 0 Å². The van der Waals surface area contributed by atoms with Crippen LogP contribution in [0.25, 0.3) is 0 Å². The first-order chi connectivity index (χ1) is 8.70. The van der Waals surface area contributed by atoms with Crippen molar-refractivity contribution in [2.45, 2.75) is 38.1 Å². The van der Waals surface area contributed by atoms with E-state index in [0.29, 0.717) is 11.9 Å². The van der Waals surface area contributed by atoms with Gasteiger partial charge in [-0.25, -0.2) is 4.79 Å². The van der Waals surface area contributed by atoms with Crippen LogP contribution in [0.2, 0.25) is 0 Å². The maximum Gasteiger partial charge on any atom is 0.339 e. The summed E-state index contributed by atoms with van der Waals surface area (Å²) in [6, 6.07) is 1.68. The monoisotopic (exact) mass is 251 g/mol. The largest absolute Gasteiger partial charge is 0.480 e. The summed E-state index contributed by atoms with van der Waals surface area (Å²) >= 11 is 0. The summed E-state index contributed by atoms with van der Waals surface area (Å²) in [4.78, 5) is 11.2. The summed E-state index contributed by atoms with van der Waals surface area (Å²) in [5.41, 5.74) is 0.104. The van der Waals surface area contributed by atoms with Crippen LogP contribution < -0.4 is 10.1 Å². The quantitative estimate of drug-likeness (QED) is 0.850. The Balaban J connectivity index is 2.17. The van der Waals surface area contributed by atoms with E-state index >= 15 is 0 Å². The number of aromatic nitrogens is 2. The Morgan fingerprint density at radius 3 is 2.72 bits per heavy atom. The molecule has 1 aliphatic rings. The van der Waals surface area contributed by atoms with Gasteiger partial charge in [-0.2, -0.15) is 0 Å². The maximum atomic E-state index is 11.2. The SMILES string of the molecule is COc1cc(C(=O)O)c(NC2CCCCC2)nn1. The van der Waals surface area contributed by atoms with E-state index in [1.165, 1.54) is 32.4 Å². The molecule has 2 N–H and O–H groups in total. The number of aromatic carboxylic acids is 1. The average Bonchev–Trinajstić information content (AvgIpc) is 2.40. The van der Waals surface area contributed by atoms with Crippen molar-refractivity contribution in [2.75, 3.05) is 12.4 Å². The van der Waals surface area contributed by atoms with Gasteiger partial charge in [-0.15, -0.1) is 10.2 Å². The van der Waals surface area contributed by atoms with Crippen LogP contribution in [0.3, 0.4) is 0 Å². The molecular formula is C12H17N3O3. The van der Waals surface area contributed by atoms with Crippen molar-refractivity contribution >= 4 is 11.8 Å². The number of anilines is 1. The number of nitrogens with one attached hydrogen (secondary N) is 1. The van der Waals surface area contributed by atoms with Gasteiger partial charge in [0.1, 0.15) is 5.56 Å². The second kappa shape index (κ2) is 5.66. The normalized spacial score (nSPS) is 16.3. The van der Waals surface area contributed by atoms with Crippen molar-refractivity contribution in [1.82, 2.24) is 10.2 Å². The Hall–Kier alpha value is -1.85. The highest BCUT2D eigenvalue weighted by atomic mass is 16.5. The number of carboxylic acids is 1. The molecule has 0 amide bonds. The van der Waals surface area contributed by atoms with Crippen molar-refractivity contribution in [1.29, 1.82) is 0 Å². The number of hydrogen-bond donors (Lipinski definition) is 2. The number of hydrogen-bond acceptors (Lipinski definition) is 5. The van der Waals surface area contributed by atoms with Crippen molar-refractivity contribution in [3.63, 3.8) is 0 Å². The van der Waals surface area contributed by atoms with Crippen molar-refractivity contribution in [3.8, 4) is 5.88 Å². The Kier molecular flexibility index (Phi) is 3.96. The molecule has 1 heterocycles. The Morgan fingerprint density at radius 2 is 2.11 bits per heavy atom. The minimum absolute atomic E-state index is 0.104. The number of methoxy groups -OCH3 is 1. The molecule has 0 bridgehead atoms. The highest BCUT2D eigenvalue weighted by Gasteiger charge is 2.19. The molecule has 18 heavy (non-hydrogen) atoms. The fourth-order valence-corrected chi connectivity index (χ4v) is 2.18. The van der Waals surface area contributed by atoms with Gasteiger partial charge >= 0.3 is 5.97 Å². The van der Waals surface area contributed by atoms with Gasteiger partial charge in [0.15, 0.2) is 5.82 Å². The number of ether oxygens (including phenoxy) is 1. The summed E-state index contributed by atoms with van der Waals surface area (Å²) in [5, 5.41) is 20.0. The zero-order chi connectivity index (χ0) is 13.0. The zero-order valence-corrected chi connectivity index (χ0v) is 10.3. The molecule has 1 aromatic heterocycles. The van der Waals surface area contributed by atoms with E-state index in [4.69, 9.17) is 9.84 Å². The third kappa shape index (κ3) is 2.88. The van der Waals surface area contributed by atoms with Crippen LogP contribution in [-0.4, -0.2) is 34.4 Å². The molecule has 0 radical (unpaired) electrons. The van der Waals surface area contributed by atoms with Crippen molar-refractivity contribution < 1.29 is 14.6 Å².